The van der Waals surface area contributed by atoms with Crippen LogP contribution in [0, 0.1) is 35.3 Å². The molecule has 0 saturated heterocycles. The molecule has 0 N–H and O–H groups in total. The smallest absolute Gasteiger partial charge is 0.262 e. The average Bonchev–Trinajstić information content (AvgIpc) is 2.49. The summed E-state index contributed by atoms with van der Waals surface area (Å²) in [6.07, 6.45) is 2.12. The summed E-state index contributed by atoms with van der Waals surface area (Å²) in [5.74, 6) is 0. The van der Waals surface area contributed by atoms with Crippen molar-refractivity contribution in [3.05, 3.63) is 21.5 Å². The van der Waals surface area contributed by atoms with Crippen molar-refractivity contribution in [2.75, 3.05) is 0 Å². The number of aromatic nitrogens is 2. The minimum Gasteiger partial charge on any atom is -0.262 e. The standard InChI is InChI=1S/C10H14N4O2/c1-8-10(14(15)16)9(2)13(12-8)7-5-3-4-6-11/h3-5,7H2,1-2H3. The Kier molecular flexibility index (Phi) is 4.00. The molecule has 0 aliphatic carbocycles. The zero-order valence-corrected chi connectivity index (χ0v) is 9.43. The van der Waals surface area contributed by atoms with Crippen LogP contribution in [0.1, 0.15) is 30.7 Å². The van der Waals surface area contributed by atoms with Gasteiger partial charge in [-0.25, -0.2) is 0 Å². The van der Waals surface area contributed by atoms with Gasteiger partial charge < -0.3 is 0 Å². The molecule has 0 saturated carbocycles. The molecule has 1 rings (SSSR count). The Morgan fingerprint density at radius 2 is 2.19 bits per heavy atom. The van der Waals surface area contributed by atoms with Crippen molar-refractivity contribution < 1.29 is 4.92 Å². The third-order valence-electron chi connectivity index (χ3n) is 2.43. The Bertz CT molecular complexity index is 431. The van der Waals surface area contributed by atoms with Gasteiger partial charge in [0.25, 0.3) is 0 Å². The minimum absolute atomic E-state index is 0.0975. The lowest BCUT2D eigenvalue weighted by molar-refractivity contribution is -0.386. The van der Waals surface area contributed by atoms with Crippen LogP contribution >= 0.6 is 0 Å². The molecule has 1 aromatic heterocycles. The number of nitro groups is 1. The fraction of sp³-hybridized carbons (Fsp3) is 0.600. The van der Waals surface area contributed by atoms with Crippen molar-refractivity contribution in [1.82, 2.24) is 9.78 Å². The lowest BCUT2D eigenvalue weighted by Crippen LogP contribution is -2.03. The van der Waals surface area contributed by atoms with Crippen LogP contribution in [0.25, 0.3) is 0 Å². The number of unbranched alkanes of at least 4 members (excludes halogenated alkanes) is 2. The van der Waals surface area contributed by atoms with E-state index in [1.807, 2.05) is 0 Å². The molecular formula is C10H14N4O2. The van der Waals surface area contributed by atoms with E-state index < -0.39 is 4.92 Å². The maximum Gasteiger partial charge on any atom is 0.312 e. The SMILES string of the molecule is Cc1nn(CCCCC#N)c(C)c1[N+](=O)[O-]. The Balaban J connectivity index is 2.72. The summed E-state index contributed by atoms with van der Waals surface area (Å²) in [6, 6.07) is 2.07. The van der Waals surface area contributed by atoms with Crippen molar-refractivity contribution in [3.8, 4) is 6.07 Å². The molecule has 0 aliphatic heterocycles. The first-order valence-corrected chi connectivity index (χ1v) is 5.13. The van der Waals surface area contributed by atoms with Crippen molar-refractivity contribution in [3.63, 3.8) is 0 Å². The van der Waals surface area contributed by atoms with E-state index in [2.05, 4.69) is 11.2 Å². The summed E-state index contributed by atoms with van der Waals surface area (Å²) in [4.78, 5) is 10.3. The topological polar surface area (TPSA) is 84.8 Å². The molecule has 0 bridgehead atoms. The lowest BCUT2D eigenvalue weighted by atomic mass is 10.2. The lowest BCUT2D eigenvalue weighted by Gasteiger charge is -2.01. The number of hydrogen-bond donors (Lipinski definition) is 0. The van der Waals surface area contributed by atoms with E-state index in [1.165, 1.54) is 0 Å². The van der Waals surface area contributed by atoms with E-state index >= 15 is 0 Å². The molecular weight excluding hydrogens is 208 g/mol. The summed E-state index contributed by atoms with van der Waals surface area (Å²) in [5, 5.41) is 23.2. The highest BCUT2D eigenvalue weighted by atomic mass is 16.6. The van der Waals surface area contributed by atoms with Crippen molar-refractivity contribution in [2.24, 2.45) is 0 Å². The van der Waals surface area contributed by atoms with Crippen LogP contribution < -0.4 is 0 Å². The molecule has 16 heavy (non-hydrogen) atoms. The molecule has 1 aromatic rings. The third kappa shape index (κ3) is 2.57. The van der Waals surface area contributed by atoms with Gasteiger partial charge in [0.15, 0.2) is 0 Å². The maximum absolute atomic E-state index is 10.7. The average molecular weight is 222 g/mol. The molecule has 86 valence electrons. The minimum atomic E-state index is -0.399. The molecule has 0 aliphatic rings. The number of nitrogens with zero attached hydrogens (tertiary/aromatic N) is 4. The number of aryl methyl sites for hydroxylation is 2. The largest absolute Gasteiger partial charge is 0.312 e. The summed E-state index contributed by atoms with van der Waals surface area (Å²) >= 11 is 0. The monoisotopic (exact) mass is 222 g/mol. The zero-order valence-electron chi connectivity index (χ0n) is 9.43. The summed E-state index contributed by atoms with van der Waals surface area (Å²) in [6.45, 7) is 3.96. The fourth-order valence-electron chi connectivity index (χ4n) is 1.64. The molecule has 0 fully saturated rings. The highest BCUT2D eigenvalue weighted by Gasteiger charge is 2.21. The van der Waals surface area contributed by atoms with Crippen LogP contribution in [0.15, 0.2) is 0 Å². The Morgan fingerprint density at radius 3 is 2.69 bits per heavy atom. The third-order valence-corrected chi connectivity index (χ3v) is 2.43. The van der Waals surface area contributed by atoms with Crippen molar-refractivity contribution in [1.29, 1.82) is 5.26 Å². The molecule has 0 radical (unpaired) electrons. The van der Waals surface area contributed by atoms with Crippen LogP contribution in [0.4, 0.5) is 5.69 Å². The zero-order chi connectivity index (χ0) is 12.1. The van der Waals surface area contributed by atoms with Crippen LogP contribution in [-0.4, -0.2) is 14.7 Å². The second-order valence-corrected chi connectivity index (χ2v) is 3.61. The quantitative estimate of drug-likeness (QED) is 0.433. The first-order valence-electron chi connectivity index (χ1n) is 5.13. The molecule has 0 spiro atoms. The molecule has 0 unspecified atom stereocenters. The predicted molar refractivity (Wildman–Crippen MR) is 57.8 cm³/mol. The Labute approximate surface area is 93.6 Å². The van der Waals surface area contributed by atoms with E-state index in [4.69, 9.17) is 5.26 Å². The van der Waals surface area contributed by atoms with Gasteiger partial charge in [0.1, 0.15) is 11.4 Å². The predicted octanol–water partition coefficient (Wildman–Crippen LogP) is 2.10. The number of rotatable bonds is 5. The van der Waals surface area contributed by atoms with E-state index in [1.54, 1.807) is 18.5 Å². The summed E-state index contributed by atoms with van der Waals surface area (Å²) in [5.41, 5.74) is 1.13. The van der Waals surface area contributed by atoms with Crippen LogP contribution in [-0.2, 0) is 6.54 Å². The van der Waals surface area contributed by atoms with E-state index in [-0.39, 0.29) is 5.69 Å². The first-order chi connectivity index (χ1) is 7.57. The van der Waals surface area contributed by atoms with Crippen LogP contribution in [0.3, 0.4) is 0 Å². The number of nitriles is 1. The van der Waals surface area contributed by atoms with Gasteiger partial charge in [-0.2, -0.15) is 10.4 Å². The van der Waals surface area contributed by atoms with Gasteiger partial charge >= 0.3 is 5.69 Å². The molecule has 0 aromatic carbocycles. The Morgan fingerprint density at radius 1 is 1.50 bits per heavy atom. The molecule has 6 heteroatoms. The van der Waals surface area contributed by atoms with Crippen LogP contribution in [0.2, 0.25) is 0 Å². The molecule has 6 nitrogen and oxygen atoms in total. The molecule has 1 heterocycles. The van der Waals surface area contributed by atoms with E-state index in [0.717, 1.165) is 12.8 Å². The first kappa shape index (κ1) is 12.2. The second-order valence-electron chi connectivity index (χ2n) is 3.61. The summed E-state index contributed by atoms with van der Waals surface area (Å²) < 4.78 is 1.64. The van der Waals surface area contributed by atoms with Gasteiger partial charge in [0, 0.05) is 13.0 Å². The normalized spacial score (nSPS) is 10.1. The molecule has 0 amide bonds. The highest BCUT2D eigenvalue weighted by molar-refractivity contribution is 5.39. The second kappa shape index (κ2) is 5.26. The van der Waals surface area contributed by atoms with Crippen LogP contribution in [0.5, 0.6) is 0 Å². The van der Waals surface area contributed by atoms with E-state index in [0.29, 0.717) is 24.4 Å². The number of hydrogen-bond acceptors (Lipinski definition) is 4. The summed E-state index contributed by atoms with van der Waals surface area (Å²) in [7, 11) is 0. The maximum atomic E-state index is 10.7. The van der Waals surface area contributed by atoms with Crippen molar-refractivity contribution in [2.45, 2.75) is 39.7 Å². The van der Waals surface area contributed by atoms with Gasteiger partial charge in [-0.05, 0) is 26.7 Å². The van der Waals surface area contributed by atoms with Gasteiger partial charge in [0.05, 0.1) is 11.0 Å². The van der Waals surface area contributed by atoms with Crippen molar-refractivity contribution >= 4 is 5.69 Å². The van der Waals surface area contributed by atoms with Gasteiger partial charge in [0.2, 0.25) is 0 Å². The van der Waals surface area contributed by atoms with Gasteiger partial charge in [-0.15, -0.1) is 0 Å². The highest BCUT2D eigenvalue weighted by Crippen LogP contribution is 2.21. The fourth-order valence-corrected chi connectivity index (χ4v) is 1.64. The van der Waals surface area contributed by atoms with Gasteiger partial charge in [-0.3, -0.25) is 14.8 Å². The van der Waals surface area contributed by atoms with Gasteiger partial charge in [-0.1, -0.05) is 0 Å². The van der Waals surface area contributed by atoms with E-state index in [9.17, 15) is 10.1 Å². The molecule has 0 atom stereocenters. The Hall–Kier alpha value is -1.90.